The number of hydrogen-bond acceptors (Lipinski definition) is 4. The van der Waals surface area contributed by atoms with Crippen molar-refractivity contribution < 1.29 is 18.1 Å². The van der Waals surface area contributed by atoms with Crippen molar-refractivity contribution in [1.29, 1.82) is 0 Å². The second-order valence-corrected chi connectivity index (χ2v) is 7.45. The maximum Gasteiger partial charge on any atom is 0.474 e. The lowest BCUT2D eigenvalue weighted by Crippen LogP contribution is -2.12. The van der Waals surface area contributed by atoms with Crippen molar-refractivity contribution in [2.75, 3.05) is 19.8 Å². The third-order valence-corrected chi connectivity index (χ3v) is 3.14. The summed E-state index contributed by atoms with van der Waals surface area (Å²) in [5, 5.41) is -0.522. The first-order chi connectivity index (χ1) is 7.75. The molecule has 0 aromatic heterocycles. The molecule has 7 heteroatoms. The number of phosphoric ester groups is 1. The van der Waals surface area contributed by atoms with Crippen molar-refractivity contribution in [3.05, 3.63) is 0 Å². The fourth-order valence-corrected chi connectivity index (χ4v) is 2.56. The zero-order valence-corrected chi connectivity index (χ0v) is 13.1. The summed E-state index contributed by atoms with van der Waals surface area (Å²) in [7, 11) is -3.55. The van der Waals surface area contributed by atoms with Gasteiger partial charge >= 0.3 is 7.82 Å². The molecular formula is C10H21Cl2O4P. The highest BCUT2D eigenvalue weighted by Gasteiger charge is 2.28. The minimum Gasteiger partial charge on any atom is -0.287 e. The molecular weight excluding hydrogens is 286 g/mol. The third-order valence-electron chi connectivity index (χ3n) is 1.49. The number of alkyl halides is 2. The molecule has 0 rings (SSSR count). The van der Waals surface area contributed by atoms with Crippen molar-refractivity contribution in [3.63, 3.8) is 0 Å². The lowest BCUT2D eigenvalue weighted by atomic mass is 10.2. The van der Waals surface area contributed by atoms with Crippen molar-refractivity contribution >= 4 is 31.0 Å². The highest BCUT2D eigenvalue weighted by atomic mass is 35.5. The predicted molar refractivity (Wildman–Crippen MR) is 70.9 cm³/mol. The van der Waals surface area contributed by atoms with E-state index in [2.05, 4.69) is 0 Å². The molecule has 0 aliphatic rings. The lowest BCUT2D eigenvalue weighted by molar-refractivity contribution is 0.105. The molecule has 0 bridgehead atoms. The summed E-state index contributed by atoms with van der Waals surface area (Å²) in [5.41, 5.74) is 0. The van der Waals surface area contributed by atoms with Gasteiger partial charge in [0, 0.05) is 0 Å². The van der Waals surface area contributed by atoms with Crippen molar-refractivity contribution in [1.82, 2.24) is 0 Å². The monoisotopic (exact) mass is 306 g/mol. The number of phosphoric acid groups is 1. The summed E-state index contributed by atoms with van der Waals surface area (Å²) in [5.74, 6) is 0.234. The molecule has 2 atom stereocenters. The van der Waals surface area contributed by atoms with Crippen LogP contribution in [0.15, 0.2) is 0 Å². The van der Waals surface area contributed by atoms with Crippen LogP contribution in [0.25, 0.3) is 0 Å². The molecule has 0 spiro atoms. The highest BCUT2D eigenvalue weighted by molar-refractivity contribution is 7.48. The standard InChI is InChI=1S/C10H21Cl2O4P/c1-8(2)5-14-17(13,15-6-9(3)11)16-7-10(4)12/h8-10H,5-7H2,1-4H3. The van der Waals surface area contributed by atoms with Gasteiger partial charge in [0.05, 0.1) is 30.6 Å². The zero-order chi connectivity index (χ0) is 13.5. The van der Waals surface area contributed by atoms with Crippen LogP contribution in [0.4, 0.5) is 0 Å². The highest BCUT2D eigenvalue weighted by Crippen LogP contribution is 2.50. The Morgan fingerprint density at radius 3 is 1.53 bits per heavy atom. The van der Waals surface area contributed by atoms with E-state index in [1.165, 1.54) is 0 Å². The molecule has 0 heterocycles. The van der Waals surface area contributed by atoms with E-state index in [0.29, 0.717) is 6.61 Å². The van der Waals surface area contributed by atoms with Crippen LogP contribution < -0.4 is 0 Å². The van der Waals surface area contributed by atoms with Crippen LogP contribution in [-0.4, -0.2) is 30.6 Å². The molecule has 2 unspecified atom stereocenters. The normalized spacial score (nSPS) is 19.0. The summed E-state index contributed by atoms with van der Waals surface area (Å²) >= 11 is 11.5. The van der Waals surface area contributed by atoms with E-state index in [0.717, 1.165) is 0 Å². The van der Waals surface area contributed by atoms with E-state index >= 15 is 0 Å². The molecule has 0 aliphatic carbocycles. The average molecular weight is 307 g/mol. The van der Waals surface area contributed by atoms with Crippen LogP contribution >= 0.6 is 31.0 Å². The molecule has 0 saturated carbocycles. The van der Waals surface area contributed by atoms with Crippen molar-refractivity contribution in [2.24, 2.45) is 5.92 Å². The minimum atomic E-state index is -3.55. The quantitative estimate of drug-likeness (QED) is 0.476. The van der Waals surface area contributed by atoms with Gasteiger partial charge in [0.2, 0.25) is 0 Å². The van der Waals surface area contributed by atoms with Crippen LogP contribution in [0, 0.1) is 5.92 Å². The van der Waals surface area contributed by atoms with E-state index in [-0.39, 0.29) is 29.9 Å². The Morgan fingerprint density at radius 2 is 1.24 bits per heavy atom. The first-order valence-electron chi connectivity index (χ1n) is 5.57. The Labute approximate surface area is 114 Å². The summed E-state index contributed by atoms with van der Waals surface area (Å²) in [4.78, 5) is 0. The van der Waals surface area contributed by atoms with Crippen LogP contribution in [0.3, 0.4) is 0 Å². The summed E-state index contributed by atoms with van der Waals surface area (Å²) in [6, 6.07) is 0. The van der Waals surface area contributed by atoms with Gasteiger partial charge in [-0.15, -0.1) is 23.2 Å². The Morgan fingerprint density at radius 1 is 0.882 bits per heavy atom. The average Bonchev–Trinajstić information content (AvgIpc) is 2.21. The molecule has 104 valence electrons. The molecule has 0 radical (unpaired) electrons. The fourth-order valence-electron chi connectivity index (χ4n) is 0.740. The summed E-state index contributed by atoms with van der Waals surface area (Å²) < 4.78 is 27.6. The van der Waals surface area contributed by atoms with Crippen LogP contribution in [0.2, 0.25) is 0 Å². The molecule has 0 amide bonds. The van der Waals surface area contributed by atoms with Crippen molar-refractivity contribution in [2.45, 2.75) is 38.4 Å². The summed E-state index contributed by atoms with van der Waals surface area (Å²) in [6.07, 6.45) is 0. The van der Waals surface area contributed by atoms with Gasteiger partial charge < -0.3 is 0 Å². The molecule has 4 nitrogen and oxygen atoms in total. The van der Waals surface area contributed by atoms with Gasteiger partial charge in [0.15, 0.2) is 0 Å². The summed E-state index contributed by atoms with van der Waals surface area (Å²) in [6.45, 7) is 7.86. The number of rotatable bonds is 9. The molecule has 17 heavy (non-hydrogen) atoms. The Balaban J connectivity index is 4.29. The van der Waals surface area contributed by atoms with E-state index in [1.54, 1.807) is 13.8 Å². The first kappa shape index (κ1) is 17.7. The molecule has 0 N–H and O–H groups in total. The molecule has 0 aromatic carbocycles. The second-order valence-electron chi connectivity index (χ2n) is 4.29. The maximum absolute atomic E-state index is 12.1. The SMILES string of the molecule is CC(C)COP(=O)(OCC(C)Cl)OCC(C)Cl. The molecule has 0 saturated heterocycles. The number of halogens is 2. The van der Waals surface area contributed by atoms with Gasteiger partial charge in [-0.2, -0.15) is 0 Å². The minimum absolute atomic E-state index is 0.105. The van der Waals surface area contributed by atoms with Gasteiger partial charge in [-0.1, -0.05) is 13.8 Å². The van der Waals surface area contributed by atoms with Gasteiger partial charge in [0.25, 0.3) is 0 Å². The van der Waals surface area contributed by atoms with Gasteiger partial charge in [0.1, 0.15) is 0 Å². The Hall–Kier alpha value is 0.690. The fraction of sp³-hybridized carbons (Fsp3) is 1.00. The van der Waals surface area contributed by atoms with Crippen molar-refractivity contribution in [3.8, 4) is 0 Å². The molecule has 0 fully saturated rings. The number of hydrogen-bond donors (Lipinski definition) is 0. The van der Waals surface area contributed by atoms with E-state index in [1.807, 2.05) is 13.8 Å². The molecule has 0 aromatic rings. The largest absolute Gasteiger partial charge is 0.474 e. The first-order valence-corrected chi connectivity index (χ1v) is 7.90. The molecule has 0 aliphatic heterocycles. The Kier molecular flexibility index (Phi) is 9.09. The van der Waals surface area contributed by atoms with E-state index < -0.39 is 7.82 Å². The van der Waals surface area contributed by atoms with Crippen LogP contribution in [0.1, 0.15) is 27.7 Å². The maximum atomic E-state index is 12.1. The van der Waals surface area contributed by atoms with Crippen LogP contribution in [0.5, 0.6) is 0 Å². The van der Waals surface area contributed by atoms with Gasteiger partial charge in [-0.3, -0.25) is 13.6 Å². The van der Waals surface area contributed by atoms with Gasteiger partial charge in [-0.25, -0.2) is 4.57 Å². The van der Waals surface area contributed by atoms with E-state index in [4.69, 9.17) is 36.8 Å². The third kappa shape index (κ3) is 10.3. The topological polar surface area (TPSA) is 44.8 Å². The zero-order valence-electron chi connectivity index (χ0n) is 10.7. The second kappa shape index (κ2) is 8.73. The predicted octanol–water partition coefficient (Wildman–Crippen LogP) is 4.05. The van der Waals surface area contributed by atoms with Crippen LogP contribution in [-0.2, 0) is 18.1 Å². The van der Waals surface area contributed by atoms with E-state index in [9.17, 15) is 4.57 Å². The Bertz CT molecular complexity index is 208. The smallest absolute Gasteiger partial charge is 0.287 e. The lowest BCUT2D eigenvalue weighted by Gasteiger charge is -2.20. The van der Waals surface area contributed by atoms with Gasteiger partial charge in [-0.05, 0) is 19.8 Å².